The van der Waals surface area contributed by atoms with Gasteiger partial charge in [0, 0.05) is 25.3 Å². The van der Waals surface area contributed by atoms with E-state index in [0.717, 1.165) is 13.1 Å². The number of hydrogen-bond acceptors (Lipinski definition) is 2. The highest BCUT2D eigenvalue weighted by Crippen LogP contribution is 2.34. The molecule has 0 aliphatic carbocycles. The molecule has 2 heteroatoms. The van der Waals surface area contributed by atoms with Crippen LogP contribution < -0.4 is 0 Å². The molecule has 0 spiro atoms. The molecule has 0 saturated heterocycles. The summed E-state index contributed by atoms with van der Waals surface area (Å²) in [5, 5.41) is 0. The van der Waals surface area contributed by atoms with Crippen LogP contribution in [0.25, 0.3) is 0 Å². The summed E-state index contributed by atoms with van der Waals surface area (Å²) in [5.41, 5.74) is 4.44. The number of nitrogens with zero attached hydrogens (tertiary/aromatic N) is 2. The van der Waals surface area contributed by atoms with Gasteiger partial charge in [-0.3, -0.25) is 4.90 Å². The lowest BCUT2D eigenvalue weighted by molar-refractivity contribution is 0.0527. The molecule has 2 nitrogen and oxygen atoms in total. The normalized spacial score (nSPS) is 19.8. The summed E-state index contributed by atoms with van der Waals surface area (Å²) in [4.78, 5) is 5.30. The van der Waals surface area contributed by atoms with Crippen LogP contribution >= 0.6 is 0 Å². The van der Waals surface area contributed by atoms with Gasteiger partial charge in [-0.2, -0.15) is 0 Å². The van der Waals surface area contributed by atoms with Gasteiger partial charge in [0.1, 0.15) is 6.17 Å². The minimum absolute atomic E-state index is 0.406. The first-order chi connectivity index (χ1) is 10.7. The molecule has 122 valence electrons. The summed E-state index contributed by atoms with van der Waals surface area (Å²) in [7, 11) is 0. The number of unbranched alkanes of at least 4 members (excludes halogenated alkanes) is 2. The van der Waals surface area contributed by atoms with Crippen LogP contribution in [0.4, 0.5) is 0 Å². The van der Waals surface area contributed by atoms with Crippen molar-refractivity contribution in [2.45, 2.75) is 59.5 Å². The van der Waals surface area contributed by atoms with E-state index in [0.29, 0.717) is 6.17 Å². The predicted octanol–water partition coefficient (Wildman–Crippen LogP) is 5.20. The molecule has 1 unspecified atom stereocenters. The van der Waals surface area contributed by atoms with Crippen molar-refractivity contribution in [1.29, 1.82) is 0 Å². The third kappa shape index (κ3) is 3.92. The SMILES string of the molecule is CCCCN1CC(C)=C(C)N(CCCC)C1c1ccccc1. The first-order valence-corrected chi connectivity index (χ1v) is 8.91. The van der Waals surface area contributed by atoms with Crippen molar-refractivity contribution in [1.82, 2.24) is 9.80 Å². The van der Waals surface area contributed by atoms with E-state index in [1.807, 2.05) is 0 Å². The van der Waals surface area contributed by atoms with E-state index < -0.39 is 0 Å². The lowest BCUT2D eigenvalue weighted by atomic mass is 10.0. The first-order valence-electron chi connectivity index (χ1n) is 8.91. The van der Waals surface area contributed by atoms with E-state index in [2.05, 4.69) is 67.8 Å². The van der Waals surface area contributed by atoms with Crippen molar-refractivity contribution in [3.63, 3.8) is 0 Å². The highest BCUT2D eigenvalue weighted by atomic mass is 15.4. The zero-order valence-electron chi connectivity index (χ0n) is 14.8. The Morgan fingerprint density at radius 1 is 0.955 bits per heavy atom. The fourth-order valence-corrected chi connectivity index (χ4v) is 3.33. The lowest BCUT2D eigenvalue weighted by Gasteiger charge is -2.46. The maximum atomic E-state index is 2.66. The summed E-state index contributed by atoms with van der Waals surface area (Å²) >= 11 is 0. The molecule has 0 radical (unpaired) electrons. The highest BCUT2D eigenvalue weighted by Gasteiger charge is 2.31. The summed E-state index contributed by atoms with van der Waals surface area (Å²) in [6.07, 6.45) is 5.45. The summed E-state index contributed by atoms with van der Waals surface area (Å²) < 4.78 is 0. The summed E-state index contributed by atoms with van der Waals surface area (Å²) in [6, 6.07) is 11.0. The van der Waals surface area contributed by atoms with Crippen LogP contribution in [0.1, 0.15) is 65.1 Å². The number of benzene rings is 1. The van der Waals surface area contributed by atoms with Crippen molar-refractivity contribution in [3.05, 3.63) is 47.2 Å². The molecule has 0 aromatic heterocycles. The molecule has 1 atom stereocenters. The molecule has 1 heterocycles. The monoisotopic (exact) mass is 300 g/mol. The van der Waals surface area contributed by atoms with Crippen molar-refractivity contribution in [3.8, 4) is 0 Å². The molecule has 22 heavy (non-hydrogen) atoms. The van der Waals surface area contributed by atoms with Crippen molar-refractivity contribution < 1.29 is 0 Å². The highest BCUT2D eigenvalue weighted by molar-refractivity contribution is 5.25. The molecule has 1 aliphatic heterocycles. The first kappa shape index (κ1) is 17.1. The Hall–Kier alpha value is -1.28. The molecular formula is C20H32N2. The third-order valence-corrected chi connectivity index (χ3v) is 4.78. The zero-order chi connectivity index (χ0) is 15.9. The summed E-state index contributed by atoms with van der Waals surface area (Å²) in [6.45, 7) is 12.6. The third-order valence-electron chi connectivity index (χ3n) is 4.78. The van der Waals surface area contributed by atoms with Crippen molar-refractivity contribution >= 4 is 0 Å². The zero-order valence-corrected chi connectivity index (χ0v) is 14.8. The van der Waals surface area contributed by atoms with Gasteiger partial charge in [0.15, 0.2) is 0 Å². The van der Waals surface area contributed by atoms with Crippen LogP contribution in [0.5, 0.6) is 0 Å². The Kier molecular flexibility index (Phi) is 6.50. The minimum atomic E-state index is 0.406. The molecule has 1 aromatic carbocycles. The van der Waals surface area contributed by atoms with Gasteiger partial charge in [-0.1, -0.05) is 57.0 Å². The van der Waals surface area contributed by atoms with Crippen molar-refractivity contribution in [2.75, 3.05) is 19.6 Å². The van der Waals surface area contributed by atoms with Gasteiger partial charge in [-0.25, -0.2) is 0 Å². The van der Waals surface area contributed by atoms with E-state index >= 15 is 0 Å². The maximum Gasteiger partial charge on any atom is 0.108 e. The van der Waals surface area contributed by atoms with E-state index in [1.165, 1.54) is 49.1 Å². The van der Waals surface area contributed by atoms with Gasteiger partial charge in [-0.05, 0) is 37.8 Å². The number of rotatable bonds is 7. The van der Waals surface area contributed by atoms with Gasteiger partial charge < -0.3 is 4.90 Å². The van der Waals surface area contributed by atoms with E-state index in [9.17, 15) is 0 Å². The Bertz CT molecular complexity index is 478. The molecule has 1 aromatic rings. The Morgan fingerprint density at radius 2 is 1.59 bits per heavy atom. The second-order valence-electron chi connectivity index (χ2n) is 6.52. The van der Waals surface area contributed by atoms with E-state index in [4.69, 9.17) is 0 Å². The van der Waals surface area contributed by atoms with Crippen LogP contribution in [0.3, 0.4) is 0 Å². The van der Waals surface area contributed by atoms with Crippen molar-refractivity contribution in [2.24, 2.45) is 0 Å². The topological polar surface area (TPSA) is 6.48 Å². The Labute approximate surface area is 136 Å². The molecule has 0 fully saturated rings. The number of allylic oxidation sites excluding steroid dienone is 1. The quantitative estimate of drug-likeness (QED) is 0.683. The largest absolute Gasteiger partial charge is 0.355 e. The fourth-order valence-electron chi connectivity index (χ4n) is 3.33. The average Bonchev–Trinajstić information content (AvgIpc) is 2.55. The fraction of sp³-hybridized carbons (Fsp3) is 0.600. The Morgan fingerprint density at radius 3 is 2.23 bits per heavy atom. The molecule has 0 bridgehead atoms. The smallest absolute Gasteiger partial charge is 0.108 e. The molecule has 0 saturated carbocycles. The van der Waals surface area contributed by atoms with Crippen LogP contribution in [-0.4, -0.2) is 29.4 Å². The summed E-state index contributed by atoms with van der Waals surface area (Å²) in [5.74, 6) is 0. The predicted molar refractivity (Wildman–Crippen MR) is 95.7 cm³/mol. The van der Waals surface area contributed by atoms with E-state index in [1.54, 1.807) is 0 Å². The van der Waals surface area contributed by atoms with Gasteiger partial charge in [-0.15, -0.1) is 0 Å². The van der Waals surface area contributed by atoms with E-state index in [-0.39, 0.29) is 0 Å². The second-order valence-corrected chi connectivity index (χ2v) is 6.52. The standard InChI is InChI=1S/C20H32N2/c1-5-7-14-21-16-17(3)18(4)22(15-8-6-2)20(21)19-12-10-9-11-13-19/h9-13,20H,5-8,14-16H2,1-4H3. The van der Waals surface area contributed by atoms with Crippen LogP contribution in [0.15, 0.2) is 41.6 Å². The second kappa shape index (κ2) is 8.38. The van der Waals surface area contributed by atoms with Crippen LogP contribution in [0.2, 0.25) is 0 Å². The van der Waals surface area contributed by atoms with Crippen LogP contribution in [0, 0.1) is 0 Å². The molecular weight excluding hydrogens is 268 g/mol. The minimum Gasteiger partial charge on any atom is -0.355 e. The molecule has 0 N–H and O–H groups in total. The van der Waals surface area contributed by atoms with Crippen LogP contribution in [-0.2, 0) is 0 Å². The number of hydrogen-bond donors (Lipinski definition) is 0. The maximum absolute atomic E-state index is 2.66. The molecule has 2 rings (SSSR count). The molecule has 0 amide bonds. The molecule has 1 aliphatic rings. The lowest BCUT2D eigenvalue weighted by Crippen LogP contribution is -2.46. The van der Waals surface area contributed by atoms with Gasteiger partial charge in [0.25, 0.3) is 0 Å². The Balaban J connectivity index is 2.33. The van der Waals surface area contributed by atoms with Gasteiger partial charge >= 0.3 is 0 Å². The van der Waals surface area contributed by atoms with Gasteiger partial charge in [0.05, 0.1) is 0 Å². The van der Waals surface area contributed by atoms with Gasteiger partial charge in [0.2, 0.25) is 0 Å². The average molecular weight is 300 g/mol.